The minimum atomic E-state index is 0.614. The minimum absolute atomic E-state index is 0.614. The van der Waals surface area contributed by atoms with Crippen molar-refractivity contribution in [2.75, 3.05) is 24.3 Å². The van der Waals surface area contributed by atoms with E-state index in [4.69, 9.17) is 0 Å². The summed E-state index contributed by atoms with van der Waals surface area (Å²) in [4.78, 5) is 1.47. The molecule has 0 radical (unpaired) electrons. The van der Waals surface area contributed by atoms with Crippen molar-refractivity contribution in [3.8, 4) is 0 Å². The highest BCUT2D eigenvalue weighted by atomic mass is 79.9. The van der Waals surface area contributed by atoms with E-state index in [1.54, 1.807) is 0 Å². The Morgan fingerprint density at radius 1 is 1.56 bits per heavy atom. The van der Waals surface area contributed by atoms with E-state index in [1.165, 1.54) is 26.6 Å². The Bertz CT molecular complexity index is 323. The predicted molar refractivity (Wildman–Crippen MR) is 82.1 cm³/mol. The second-order valence-electron chi connectivity index (χ2n) is 3.81. The first kappa shape index (κ1) is 13.3. The van der Waals surface area contributed by atoms with Crippen molar-refractivity contribution >= 4 is 50.8 Å². The van der Waals surface area contributed by atoms with Crippen molar-refractivity contribution < 1.29 is 0 Å². The number of likely N-dealkylation sites (N-methyl/N-ethyl adjacent to an activating group) is 1. The van der Waals surface area contributed by atoms with Gasteiger partial charge >= 0.3 is 0 Å². The molecular weight excluding hydrogens is 322 g/mol. The van der Waals surface area contributed by atoms with Gasteiger partial charge in [-0.3, -0.25) is 0 Å². The third-order valence-corrected chi connectivity index (χ3v) is 7.34. The molecular formula is C11H16BrNS3. The zero-order valence-electron chi connectivity index (χ0n) is 9.24. The molecule has 1 aromatic rings. The molecule has 0 amide bonds. The first-order valence-corrected chi connectivity index (χ1v) is 9.26. The van der Waals surface area contributed by atoms with Gasteiger partial charge in [0.2, 0.25) is 0 Å². The van der Waals surface area contributed by atoms with E-state index in [0.717, 1.165) is 11.7 Å². The van der Waals surface area contributed by atoms with Gasteiger partial charge in [0.15, 0.2) is 0 Å². The molecule has 1 aromatic heterocycles. The van der Waals surface area contributed by atoms with E-state index in [1.807, 2.05) is 11.3 Å². The Morgan fingerprint density at radius 2 is 2.44 bits per heavy atom. The number of thiophene rings is 1. The lowest BCUT2D eigenvalue weighted by molar-refractivity contribution is 0.561. The number of thioether (sulfide) groups is 2. The summed E-state index contributed by atoms with van der Waals surface area (Å²) >= 11 is 9.60. The normalized spacial score (nSPS) is 23.2. The minimum Gasteiger partial charge on any atom is -0.316 e. The van der Waals surface area contributed by atoms with Gasteiger partial charge < -0.3 is 5.32 Å². The number of halogens is 1. The smallest absolute Gasteiger partial charge is 0.0295 e. The highest BCUT2D eigenvalue weighted by Crippen LogP contribution is 2.29. The van der Waals surface area contributed by atoms with Gasteiger partial charge in [-0.25, -0.2) is 0 Å². The molecule has 1 aliphatic heterocycles. The van der Waals surface area contributed by atoms with Gasteiger partial charge in [-0.1, -0.05) is 0 Å². The van der Waals surface area contributed by atoms with E-state index < -0.39 is 0 Å². The Kier molecular flexibility index (Phi) is 5.55. The largest absolute Gasteiger partial charge is 0.316 e. The van der Waals surface area contributed by atoms with Crippen LogP contribution in [0.5, 0.6) is 0 Å². The monoisotopic (exact) mass is 337 g/mol. The molecule has 0 spiro atoms. The van der Waals surface area contributed by atoms with E-state index in [2.05, 4.69) is 63.3 Å². The van der Waals surface area contributed by atoms with Crippen molar-refractivity contribution in [1.29, 1.82) is 0 Å². The number of hydrogen-bond donors (Lipinski definition) is 1. The fourth-order valence-corrected chi connectivity index (χ4v) is 6.27. The van der Waals surface area contributed by atoms with Crippen LogP contribution in [0.25, 0.3) is 0 Å². The molecule has 2 rings (SSSR count). The quantitative estimate of drug-likeness (QED) is 0.903. The zero-order valence-corrected chi connectivity index (χ0v) is 13.3. The number of nitrogens with one attached hydrogen (secondary N) is 1. The molecule has 0 aromatic carbocycles. The predicted octanol–water partition coefficient (Wildman–Crippen LogP) is 3.49. The molecule has 1 N–H and O–H groups in total. The van der Waals surface area contributed by atoms with Gasteiger partial charge in [-0.05, 0) is 35.5 Å². The van der Waals surface area contributed by atoms with Crippen molar-refractivity contribution in [1.82, 2.24) is 5.32 Å². The van der Waals surface area contributed by atoms with Crippen LogP contribution < -0.4 is 5.32 Å². The number of rotatable bonds is 4. The first-order chi connectivity index (χ1) is 7.79. The third kappa shape index (κ3) is 3.67. The summed E-state index contributed by atoms with van der Waals surface area (Å²) in [5.41, 5.74) is 0. The molecule has 2 atom stereocenters. The van der Waals surface area contributed by atoms with Crippen LogP contribution in [0.1, 0.15) is 4.88 Å². The lowest BCUT2D eigenvalue weighted by atomic mass is 10.1. The molecule has 16 heavy (non-hydrogen) atoms. The Morgan fingerprint density at radius 3 is 3.00 bits per heavy atom. The summed E-state index contributed by atoms with van der Waals surface area (Å²) < 4.78 is 1.22. The SMILES string of the molecule is CNC(Cc1cc(Br)cs1)C1CSCCS1. The summed E-state index contributed by atoms with van der Waals surface area (Å²) in [6, 6.07) is 2.86. The fraction of sp³-hybridized carbons (Fsp3) is 0.636. The van der Waals surface area contributed by atoms with E-state index in [-0.39, 0.29) is 0 Å². The molecule has 0 bridgehead atoms. The van der Waals surface area contributed by atoms with Gasteiger partial charge in [0, 0.05) is 43.3 Å². The number of hydrogen-bond acceptors (Lipinski definition) is 4. The van der Waals surface area contributed by atoms with Crippen molar-refractivity contribution in [2.45, 2.75) is 17.7 Å². The van der Waals surface area contributed by atoms with Crippen molar-refractivity contribution in [3.05, 3.63) is 20.8 Å². The molecule has 0 saturated carbocycles. The fourth-order valence-electron chi connectivity index (χ4n) is 1.84. The summed E-state index contributed by atoms with van der Waals surface area (Å²) in [7, 11) is 2.09. The molecule has 2 unspecified atom stereocenters. The average molecular weight is 338 g/mol. The van der Waals surface area contributed by atoms with Crippen molar-refractivity contribution in [3.63, 3.8) is 0 Å². The summed E-state index contributed by atoms with van der Waals surface area (Å²) in [5, 5.41) is 6.43. The standard InChI is InChI=1S/C11H16BrNS3/c1-13-10(11-7-14-2-3-15-11)5-9-4-8(12)6-16-9/h4,6,10-11,13H,2-3,5,7H2,1H3. The molecule has 90 valence electrons. The second kappa shape index (κ2) is 6.69. The van der Waals surface area contributed by atoms with Crippen LogP contribution in [0.4, 0.5) is 0 Å². The van der Waals surface area contributed by atoms with Crippen LogP contribution >= 0.6 is 50.8 Å². The first-order valence-electron chi connectivity index (χ1n) is 5.39. The molecule has 1 saturated heterocycles. The van der Waals surface area contributed by atoms with Crippen LogP contribution in [0.15, 0.2) is 15.9 Å². The van der Waals surface area contributed by atoms with Gasteiger partial charge in [-0.2, -0.15) is 23.5 Å². The Labute approximate surface area is 118 Å². The lowest BCUT2D eigenvalue weighted by Gasteiger charge is -2.29. The molecule has 1 fully saturated rings. The van der Waals surface area contributed by atoms with Gasteiger partial charge in [0.1, 0.15) is 0 Å². The summed E-state index contributed by atoms with van der Waals surface area (Å²) in [6.45, 7) is 0. The molecule has 1 nitrogen and oxygen atoms in total. The maximum Gasteiger partial charge on any atom is 0.0295 e. The molecule has 2 heterocycles. The Hall–Kier alpha value is 0.840. The van der Waals surface area contributed by atoms with E-state index in [0.29, 0.717) is 6.04 Å². The maximum atomic E-state index is 3.52. The third-order valence-electron chi connectivity index (χ3n) is 2.70. The highest BCUT2D eigenvalue weighted by Gasteiger charge is 2.23. The molecule has 1 aliphatic rings. The second-order valence-corrected chi connectivity index (χ2v) is 8.22. The van der Waals surface area contributed by atoms with Gasteiger partial charge in [0.25, 0.3) is 0 Å². The van der Waals surface area contributed by atoms with Crippen molar-refractivity contribution in [2.24, 2.45) is 0 Å². The molecule has 0 aliphatic carbocycles. The Balaban J connectivity index is 1.94. The van der Waals surface area contributed by atoms with Crippen LogP contribution in [-0.4, -0.2) is 35.6 Å². The maximum absolute atomic E-state index is 3.52. The zero-order chi connectivity index (χ0) is 11.4. The van der Waals surface area contributed by atoms with E-state index in [9.17, 15) is 0 Å². The van der Waals surface area contributed by atoms with Crippen LogP contribution in [0.2, 0.25) is 0 Å². The lowest BCUT2D eigenvalue weighted by Crippen LogP contribution is -2.40. The molecule has 5 heteroatoms. The summed E-state index contributed by atoms with van der Waals surface area (Å²) in [5.74, 6) is 3.92. The van der Waals surface area contributed by atoms with Crippen LogP contribution in [0.3, 0.4) is 0 Å². The van der Waals surface area contributed by atoms with Gasteiger partial charge in [-0.15, -0.1) is 11.3 Å². The van der Waals surface area contributed by atoms with Gasteiger partial charge in [0.05, 0.1) is 0 Å². The van der Waals surface area contributed by atoms with Crippen LogP contribution in [-0.2, 0) is 6.42 Å². The highest BCUT2D eigenvalue weighted by molar-refractivity contribution is 9.10. The topological polar surface area (TPSA) is 12.0 Å². The summed E-state index contributed by atoms with van der Waals surface area (Å²) in [6.07, 6.45) is 1.16. The average Bonchev–Trinajstić information content (AvgIpc) is 2.73. The van der Waals surface area contributed by atoms with Crippen LogP contribution in [0, 0.1) is 0 Å². The van der Waals surface area contributed by atoms with E-state index >= 15 is 0 Å².